The van der Waals surface area contributed by atoms with Crippen LogP contribution < -0.4 is 9.47 Å². The van der Waals surface area contributed by atoms with Gasteiger partial charge >= 0.3 is 0 Å². The largest absolute Gasteiger partial charge is 0.481 e. The number of hydrogen-bond acceptors (Lipinski definition) is 4. The van der Waals surface area contributed by atoms with Crippen molar-refractivity contribution < 1.29 is 9.47 Å². The van der Waals surface area contributed by atoms with Gasteiger partial charge in [-0.3, -0.25) is 0 Å². The lowest BCUT2D eigenvalue weighted by Gasteiger charge is -2.15. The molecule has 0 aliphatic heterocycles. The number of aryl methyl sites for hydroxylation is 2. The van der Waals surface area contributed by atoms with Gasteiger partial charge in [-0.2, -0.15) is 0 Å². The third-order valence-electron chi connectivity index (χ3n) is 3.93. The van der Waals surface area contributed by atoms with Gasteiger partial charge < -0.3 is 9.47 Å². The van der Waals surface area contributed by atoms with E-state index in [2.05, 4.69) is 11.1 Å². The number of aromatic nitrogens is 1. The van der Waals surface area contributed by atoms with E-state index in [-0.39, 0.29) is 0 Å². The zero-order valence-corrected chi connectivity index (χ0v) is 12.1. The molecule has 0 N–H and O–H groups in total. The van der Waals surface area contributed by atoms with Crippen LogP contribution in [0.3, 0.4) is 0 Å². The summed E-state index contributed by atoms with van der Waals surface area (Å²) >= 11 is 0. The van der Waals surface area contributed by atoms with Gasteiger partial charge in [-0.25, -0.2) is 4.98 Å². The average Bonchev–Trinajstić information content (AvgIpc) is 2.95. The highest BCUT2D eigenvalue weighted by Gasteiger charge is 2.22. The Morgan fingerprint density at radius 3 is 2.90 bits per heavy atom. The smallest absolute Gasteiger partial charge is 0.292 e. The molecule has 4 heteroatoms. The van der Waals surface area contributed by atoms with E-state index in [1.54, 1.807) is 13.3 Å². The number of benzene rings is 1. The maximum atomic E-state index is 9.00. The molecule has 106 valence electrons. The fourth-order valence-corrected chi connectivity index (χ4v) is 3.04. The van der Waals surface area contributed by atoms with Crippen molar-refractivity contribution in [3.05, 3.63) is 41.1 Å². The van der Waals surface area contributed by atoms with Gasteiger partial charge in [0, 0.05) is 17.8 Å². The molecule has 0 saturated carbocycles. The molecular weight excluding hydrogens is 264 g/mol. The summed E-state index contributed by atoms with van der Waals surface area (Å²) in [5.41, 5.74) is 5.47. The highest BCUT2D eigenvalue weighted by molar-refractivity contribution is 5.77. The Labute approximate surface area is 124 Å². The molecular formula is C17H16N2O2. The van der Waals surface area contributed by atoms with Gasteiger partial charge in [0.1, 0.15) is 0 Å². The number of hydrogen-bond donors (Lipinski definition) is 0. The van der Waals surface area contributed by atoms with Crippen LogP contribution in [0.5, 0.6) is 11.6 Å². The monoisotopic (exact) mass is 280 g/mol. The molecule has 1 aliphatic rings. The van der Waals surface area contributed by atoms with E-state index in [0.29, 0.717) is 11.6 Å². The van der Waals surface area contributed by atoms with E-state index in [0.717, 1.165) is 41.5 Å². The van der Waals surface area contributed by atoms with Crippen molar-refractivity contribution in [2.24, 2.45) is 0 Å². The third-order valence-corrected chi connectivity index (χ3v) is 3.93. The number of nitrogens with zero attached hydrogens (tertiary/aromatic N) is 2. The molecule has 0 unspecified atom stereocenters. The lowest BCUT2D eigenvalue weighted by atomic mass is 9.94. The van der Waals surface area contributed by atoms with Crippen LogP contribution in [0.4, 0.5) is 0 Å². The summed E-state index contributed by atoms with van der Waals surface area (Å²) < 4.78 is 10.5. The van der Waals surface area contributed by atoms with Gasteiger partial charge in [-0.05, 0) is 54.5 Å². The topological polar surface area (TPSA) is 55.1 Å². The van der Waals surface area contributed by atoms with Crippen molar-refractivity contribution >= 4 is 0 Å². The molecule has 1 heterocycles. The van der Waals surface area contributed by atoms with Crippen LogP contribution in [-0.4, -0.2) is 12.1 Å². The van der Waals surface area contributed by atoms with E-state index in [1.165, 1.54) is 5.56 Å². The number of pyridine rings is 1. The Bertz CT molecular complexity index is 732. The molecule has 0 radical (unpaired) electrons. The highest BCUT2D eigenvalue weighted by Crippen LogP contribution is 2.42. The Kier molecular flexibility index (Phi) is 3.49. The fourth-order valence-electron chi connectivity index (χ4n) is 3.04. The normalized spacial score (nSPS) is 12.6. The zero-order valence-electron chi connectivity index (χ0n) is 12.1. The van der Waals surface area contributed by atoms with Gasteiger partial charge in [0.2, 0.25) is 5.88 Å². The second-order valence-electron chi connectivity index (χ2n) is 5.17. The van der Waals surface area contributed by atoms with E-state index >= 15 is 0 Å². The van der Waals surface area contributed by atoms with E-state index < -0.39 is 0 Å². The van der Waals surface area contributed by atoms with Crippen LogP contribution in [0.1, 0.15) is 23.1 Å². The second kappa shape index (κ2) is 5.45. The molecule has 21 heavy (non-hydrogen) atoms. The van der Waals surface area contributed by atoms with Crippen molar-refractivity contribution in [3.8, 4) is 29.0 Å². The lowest BCUT2D eigenvalue weighted by molar-refractivity contribution is 0.398. The SMILES string of the molecule is COc1cc(-c2c(C)cc3c(c2OC#N)CCC3)ccn1. The van der Waals surface area contributed by atoms with E-state index in [9.17, 15) is 0 Å². The molecule has 0 atom stereocenters. The quantitative estimate of drug-likeness (QED) is 0.808. The maximum absolute atomic E-state index is 9.00. The van der Waals surface area contributed by atoms with Crippen LogP contribution in [0, 0.1) is 18.4 Å². The molecule has 0 fully saturated rings. The fraction of sp³-hybridized carbons (Fsp3) is 0.294. The summed E-state index contributed by atoms with van der Waals surface area (Å²) in [6.45, 7) is 2.05. The summed E-state index contributed by atoms with van der Waals surface area (Å²) in [5.74, 6) is 1.24. The van der Waals surface area contributed by atoms with Gasteiger partial charge in [0.15, 0.2) is 5.75 Å². The summed E-state index contributed by atoms with van der Waals surface area (Å²) in [6.07, 6.45) is 6.66. The first-order chi connectivity index (χ1) is 10.2. The molecule has 0 spiro atoms. The minimum Gasteiger partial charge on any atom is -0.481 e. The van der Waals surface area contributed by atoms with Crippen LogP contribution in [0.15, 0.2) is 24.4 Å². The highest BCUT2D eigenvalue weighted by atomic mass is 16.5. The molecule has 4 nitrogen and oxygen atoms in total. The molecule has 1 aromatic carbocycles. The summed E-state index contributed by atoms with van der Waals surface area (Å²) in [6, 6.07) is 5.99. The lowest BCUT2D eigenvalue weighted by Crippen LogP contribution is -1.98. The Morgan fingerprint density at radius 1 is 1.29 bits per heavy atom. The minimum atomic E-state index is 0.551. The van der Waals surface area contributed by atoms with Crippen LogP contribution in [0.2, 0.25) is 0 Å². The Morgan fingerprint density at radius 2 is 2.14 bits per heavy atom. The summed E-state index contributed by atoms with van der Waals surface area (Å²) in [4.78, 5) is 4.13. The van der Waals surface area contributed by atoms with Crippen LogP contribution in [0.25, 0.3) is 11.1 Å². The Hall–Kier alpha value is -2.54. The minimum absolute atomic E-state index is 0.551. The van der Waals surface area contributed by atoms with Gasteiger partial charge in [0.25, 0.3) is 6.26 Å². The molecule has 3 rings (SSSR count). The molecule has 0 bridgehead atoms. The van der Waals surface area contributed by atoms with Gasteiger partial charge in [-0.15, -0.1) is 5.26 Å². The third kappa shape index (κ3) is 2.31. The average molecular weight is 280 g/mol. The van der Waals surface area contributed by atoms with Crippen LogP contribution in [-0.2, 0) is 12.8 Å². The predicted octanol–water partition coefficient (Wildman–Crippen LogP) is 3.41. The standard InChI is InChI=1S/C17H16N2O2/c1-11-8-12-4-3-5-14(12)17(21-10-18)16(11)13-6-7-19-15(9-13)20-2/h6-9H,3-5H2,1-2H3. The summed E-state index contributed by atoms with van der Waals surface area (Å²) in [5, 5.41) is 9.00. The molecule has 1 aliphatic carbocycles. The predicted molar refractivity (Wildman–Crippen MR) is 79.2 cm³/mol. The molecule has 2 aromatic rings. The molecule has 0 saturated heterocycles. The molecule has 1 aromatic heterocycles. The van der Waals surface area contributed by atoms with Gasteiger partial charge in [0.05, 0.1) is 7.11 Å². The number of rotatable bonds is 3. The number of methoxy groups -OCH3 is 1. The van der Waals surface area contributed by atoms with Crippen molar-refractivity contribution in [3.63, 3.8) is 0 Å². The van der Waals surface area contributed by atoms with Crippen molar-refractivity contribution in [2.75, 3.05) is 7.11 Å². The number of ether oxygens (including phenoxy) is 2. The van der Waals surface area contributed by atoms with Gasteiger partial charge in [-0.1, -0.05) is 6.07 Å². The maximum Gasteiger partial charge on any atom is 0.292 e. The second-order valence-corrected chi connectivity index (χ2v) is 5.17. The van der Waals surface area contributed by atoms with Crippen molar-refractivity contribution in [1.82, 2.24) is 4.98 Å². The van der Waals surface area contributed by atoms with E-state index in [1.807, 2.05) is 25.3 Å². The molecule has 0 amide bonds. The number of fused-ring (bicyclic) bond motifs is 1. The van der Waals surface area contributed by atoms with E-state index in [4.69, 9.17) is 14.7 Å². The van der Waals surface area contributed by atoms with Crippen molar-refractivity contribution in [1.29, 1.82) is 5.26 Å². The number of nitriles is 1. The first kappa shape index (κ1) is 13.4. The Balaban J connectivity index is 2.24. The summed E-state index contributed by atoms with van der Waals surface area (Å²) in [7, 11) is 1.59. The van der Waals surface area contributed by atoms with Crippen molar-refractivity contribution in [2.45, 2.75) is 26.2 Å². The van der Waals surface area contributed by atoms with Crippen LogP contribution >= 0.6 is 0 Å². The first-order valence-corrected chi connectivity index (χ1v) is 6.96. The zero-order chi connectivity index (χ0) is 14.8. The first-order valence-electron chi connectivity index (χ1n) is 6.96.